The van der Waals surface area contributed by atoms with Crippen LogP contribution in [-0.2, 0) is 26.2 Å². The fourth-order valence-electron chi connectivity index (χ4n) is 3.57. The van der Waals surface area contributed by atoms with E-state index in [9.17, 15) is 18.0 Å². The molecule has 0 aliphatic rings. The second kappa shape index (κ2) is 11.9. The minimum Gasteiger partial charge on any atom is -0.497 e. The van der Waals surface area contributed by atoms with Crippen LogP contribution < -0.4 is 14.4 Å². The SMILES string of the molecule is CCC(C(=O)NC(C)C)N(Cc1ccc(C)cc1)C(=O)CN(c1cccc(OC)c1)S(C)(=O)=O. The van der Waals surface area contributed by atoms with Crippen molar-refractivity contribution in [3.8, 4) is 5.75 Å². The molecule has 0 fully saturated rings. The lowest BCUT2D eigenvalue weighted by atomic mass is 10.1. The molecule has 1 unspecified atom stereocenters. The highest BCUT2D eigenvalue weighted by atomic mass is 32.2. The third-order valence-electron chi connectivity index (χ3n) is 5.31. The molecule has 2 amide bonds. The van der Waals surface area contributed by atoms with Gasteiger partial charge in [0.25, 0.3) is 0 Å². The third-order valence-corrected chi connectivity index (χ3v) is 6.45. The van der Waals surface area contributed by atoms with Gasteiger partial charge in [0, 0.05) is 18.7 Å². The van der Waals surface area contributed by atoms with Crippen molar-refractivity contribution in [3.05, 3.63) is 59.7 Å². The lowest BCUT2D eigenvalue weighted by Gasteiger charge is -2.33. The second-order valence-electron chi connectivity index (χ2n) is 8.57. The van der Waals surface area contributed by atoms with Crippen LogP contribution in [0.3, 0.4) is 0 Å². The zero-order valence-electron chi connectivity index (χ0n) is 20.7. The van der Waals surface area contributed by atoms with Gasteiger partial charge >= 0.3 is 0 Å². The molecule has 8 nitrogen and oxygen atoms in total. The number of aryl methyl sites for hydroxylation is 1. The van der Waals surface area contributed by atoms with E-state index in [0.29, 0.717) is 17.9 Å². The molecule has 1 N–H and O–H groups in total. The Labute approximate surface area is 202 Å². The van der Waals surface area contributed by atoms with Crippen molar-refractivity contribution >= 4 is 27.5 Å². The molecule has 0 spiro atoms. The topological polar surface area (TPSA) is 96.0 Å². The van der Waals surface area contributed by atoms with Crippen LogP contribution >= 0.6 is 0 Å². The molecule has 2 aromatic rings. The maximum Gasteiger partial charge on any atom is 0.244 e. The minimum absolute atomic E-state index is 0.0952. The van der Waals surface area contributed by atoms with Crippen LogP contribution in [0.5, 0.6) is 5.75 Å². The number of nitrogens with one attached hydrogen (secondary N) is 1. The van der Waals surface area contributed by atoms with Gasteiger partial charge < -0.3 is 15.0 Å². The van der Waals surface area contributed by atoms with E-state index in [1.54, 1.807) is 24.3 Å². The molecule has 1 atom stereocenters. The van der Waals surface area contributed by atoms with Crippen LogP contribution in [0, 0.1) is 6.92 Å². The van der Waals surface area contributed by atoms with Crippen LogP contribution in [0.1, 0.15) is 38.3 Å². The molecule has 0 aromatic heterocycles. The summed E-state index contributed by atoms with van der Waals surface area (Å²) in [5.74, 6) is -0.275. The highest BCUT2D eigenvalue weighted by molar-refractivity contribution is 7.92. The van der Waals surface area contributed by atoms with E-state index >= 15 is 0 Å². The van der Waals surface area contributed by atoms with Gasteiger partial charge in [0.1, 0.15) is 18.3 Å². The smallest absolute Gasteiger partial charge is 0.244 e. The summed E-state index contributed by atoms with van der Waals surface area (Å²) in [4.78, 5) is 28.0. The molecule has 0 aliphatic heterocycles. The molecule has 0 aliphatic carbocycles. The Balaban J connectivity index is 2.44. The molecule has 9 heteroatoms. The molecule has 0 radical (unpaired) electrons. The number of nitrogens with zero attached hydrogens (tertiary/aromatic N) is 2. The summed E-state index contributed by atoms with van der Waals surface area (Å²) in [5.41, 5.74) is 2.24. The zero-order valence-corrected chi connectivity index (χ0v) is 21.6. The summed E-state index contributed by atoms with van der Waals surface area (Å²) in [6.07, 6.45) is 1.43. The van der Waals surface area contributed by atoms with Gasteiger partial charge in [-0.1, -0.05) is 42.8 Å². The second-order valence-corrected chi connectivity index (χ2v) is 10.5. The summed E-state index contributed by atoms with van der Waals surface area (Å²) in [6.45, 7) is 7.24. The predicted octanol–water partition coefficient (Wildman–Crippen LogP) is 3.10. The number of amides is 2. The largest absolute Gasteiger partial charge is 0.497 e. The first-order valence-corrected chi connectivity index (χ1v) is 13.1. The zero-order chi connectivity index (χ0) is 25.5. The lowest BCUT2D eigenvalue weighted by molar-refractivity contribution is -0.140. The number of hydrogen-bond donors (Lipinski definition) is 1. The molecule has 0 saturated heterocycles. The van der Waals surface area contributed by atoms with Gasteiger partial charge in [0.05, 0.1) is 19.1 Å². The van der Waals surface area contributed by atoms with Gasteiger partial charge in [-0.3, -0.25) is 13.9 Å². The van der Waals surface area contributed by atoms with Gasteiger partial charge in [0.2, 0.25) is 21.8 Å². The Hall–Kier alpha value is -3.07. The number of methoxy groups -OCH3 is 1. The van der Waals surface area contributed by atoms with E-state index in [4.69, 9.17) is 4.74 Å². The average molecular weight is 490 g/mol. The van der Waals surface area contributed by atoms with E-state index in [-0.39, 0.29) is 18.5 Å². The number of hydrogen-bond acceptors (Lipinski definition) is 5. The number of benzene rings is 2. The Morgan fingerprint density at radius 3 is 2.26 bits per heavy atom. The van der Waals surface area contributed by atoms with Crippen LogP contribution in [0.4, 0.5) is 5.69 Å². The van der Waals surface area contributed by atoms with E-state index in [1.165, 1.54) is 12.0 Å². The monoisotopic (exact) mass is 489 g/mol. The summed E-state index contributed by atoms with van der Waals surface area (Å²) in [5, 5.41) is 2.87. The fraction of sp³-hybridized carbons (Fsp3) is 0.440. The molecule has 34 heavy (non-hydrogen) atoms. The van der Waals surface area contributed by atoms with Crippen molar-refractivity contribution in [1.29, 1.82) is 0 Å². The molecule has 186 valence electrons. The van der Waals surface area contributed by atoms with Gasteiger partial charge in [-0.25, -0.2) is 8.42 Å². The average Bonchev–Trinajstić information content (AvgIpc) is 2.77. The molecule has 0 saturated carbocycles. The molecule has 0 bridgehead atoms. The highest BCUT2D eigenvalue weighted by Gasteiger charge is 2.32. The minimum atomic E-state index is -3.79. The Bertz CT molecular complexity index is 1080. The maximum absolute atomic E-state index is 13.6. The first kappa shape index (κ1) is 27.2. The molecular weight excluding hydrogens is 454 g/mol. The van der Waals surface area contributed by atoms with Crippen LogP contribution in [0.2, 0.25) is 0 Å². The predicted molar refractivity (Wildman–Crippen MR) is 134 cm³/mol. The van der Waals surface area contributed by atoms with Crippen molar-refractivity contribution in [2.24, 2.45) is 0 Å². The Kier molecular flexibility index (Phi) is 9.49. The quantitative estimate of drug-likeness (QED) is 0.523. The number of rotatable bonds is 11. The van der Waals surface area contributed by atoms with Crippen LogP contribution in [0.15, 0.2) is 48.5 Å². The van der Waals surface area contributed by atoms with E-state index in [2.05, 4.69) is 5.32 Å². The van der Waals surface area contributed by atoms with Crippen molar-refractivity contribution in [3.63, 3.8) is 0 Å². The first-order valence-electron chi connectivity index (χ1n) is 11.2. The Morgan fingerprint density at radius 1 is 1.09 bits per heavy atom. The summed E-state index contributed by atoms with van der Waals surface area (Å²) in [7, 11) is -2.31. The van der Waals surface area contributed by atoms with Crippen molar-refractivity contribution < 1.29 is 22.7 Å². The number of sulfonamides is 1. The first-order chi connectivity index (χ1) is 16.0. The van der Waals surface area contributed by atoms with E-state index in [0.717, 1.165) is 21.7 Å². The summed E-state index contributed by atoms with van der Waals surface area (Å²) < 4.78 is 31.5. The number of anilines is 1. The molecule has 2 rings (SSSR count). The molecule has 2 aromatic carbocycles. The third kappa shape index (κ3) is 7.48. The Morgan fingerprint density at radius 2 is 1.74 bits per heavy atom. The van der Waals surface area contributed by atoms with Crippen molar-refractivity contribution in [2.45, 2.75) is 52.7 Å². The van der Waals surface area contributed by atoms with E-state index < -0.39 is 28.5 Å². The van der Waals surface area contributed by atoms with Gasteiger partial charge in [-0.15, -0.1) is 0 Å². The van der Waals surface area contributed by atoms with Crippen molar-refractivity contribution in [2.75, 3.05) is 24.2 Å². The summed E-state index contributed by atoms with van der Waals surface area (Å²) in [6, 6.07) is 13.3. The van der Waals surface area contributed by atoms with Crippen LogP contribution in [-0.4, -0.2) is 57.1 Å². The number of carbonyl (C=O) groups is 2. The number of carbonyl (C=O) groups excluding carboxylic acids is 2. The van der Waals surface area contributed by atoms with Crippen molar-refractivity contribution in [1.82, 2.24) is 10.2 Å². The van der Waals surface area contributed by atoms with Gasteiger partial charge in [-0.2, -0.15) is 0 Å². The standard InChI is InChI=1S/C25H35N3O5S/c1-7-23(25(30)26-18(2)3)27(16-20-13-11-19(4)12-14-20)24(29)17-28(34(6,31)32)21-9-8-10-22(15-21)33-5/h8-15,18,23H,7,16-17H2,1-6H3,(H,26,30). The summed E-state index contributed by atoms with van der Waals surface area (Å²) >= 11 is 0. The molecular formula is C25H35N3O5S. The lowest BCUT2D eigenvalue weighted by Crippen LogP contribution is -2.53. The van der Waals surface area contributed by atoms with Gasteiger partial charge in [0.15, 0.2) is 0 Å². The molecule has 0 heterocycles. The highest BCUT2D eigenvalue weighted by Crippen LogP contribution is 2.24. The van der Waals surface area contributed by atoms with E-state index in [1.807, 2.05) is 52.0 Å². The van der Waals surface area contributed by atoms with Gasteiger partial charge in [-0.05, 0) is 44.9 Å². The number of ether oxygens (including phenoxy) is 1. The normalized spacial score (nSPS) is 12.2. The van der Waals surface area contributed by atoms with Crippen LogP contribution in [0.25, 0.3) is 0 Å². The fourth-order valence-corrected chi connectivity index (χ4v) is 4.41. The maximum atomic E-state index is 13.6.